The molecule has 0 unspecified atom stereocenters. The number of hydrogen-bond acceptors (Lipinski definition) is 5. The number of amides is 1. The number of carbonyl (C=O) groups is 1. The molecular weight excluding hydrogens is 421 g/mol. The Bertz CT molecular complexity index is 1030. The molecule has 4 rings (SSSR count). The Hall–Kier alpha value is -2.73. The number of anilines is 1. The molecule has 1 atom stereocenters. The fourth-order valence-corrected chi connectivity index (χ4v) is 4.70. The van der Waals surface area contributed by atoms with Crippen molar-refractivity contribution in [1.82, 2.24) is 14.4 Å². The molecule has 1 amide bonds. The van der Waals surface area contributed by atoms with E-state index in [1.54, 1.807) is 6.07 Å². The molecule has 176 valence electrons. The van der Waals surface area contributed by atoms with E-state index in [1.807, 2.05) is 30.5 Å². The molecule has 2 fully saturated rings. The number of benzene rings is 1. The van der Waals surface area contributed by atoms with E-state index in [0.29, 0.717) is 30.0 Å². The van der Waals surface area contributed by atoms with Crippen LogP contribution in [0.2, 0.25) is 0 Å². The van der Waals surface area contributed by atoms with Crippen LogP contribution in [0.25, 0.3) is 0 Å². The lowest BCUT2D eigenvalue weighted by Gasteiger charge is -2.34. The van der Waals surface area contributed by atoms with Crippen molar-refractivity contribution in [3.05, 3.63) is 52.5 Å². The summed E-state index contributed by atoms with van der Waals surface area (Å²) in [5.41, 5.74) is 3.10. The first-order valence-corrected chi connectivity index (χ1v) is 11.7. The highest BCUT2D eigenvalue weighted by Gasteiger charge is 2.25. The minimum absolute atomic E-state index is 0.111. The second kappa shape index (κ2) is 10.5. The zero-order valence-electron chi connectivity index (χ0n) is 19.4. The van der Waals surface area contributed by atoms with Gasteiger partial charge in [0.1, 0.15) is 17.7 Å². The number of rotatable bonds is 7. The Balaban J connectivity index is 1.35. The normalized spacial score (nSPS) is 19.5. The summed E-state index contributed by atoms with van der Waals surface area (Å²) in [5.74, 6) is 0.274. The van der Waals surface area contributed by atoms with Crippen molar-refractivity contribution in [3.8, 4) is 6.07 Å². The number of nitrogens with one attached hydrogen (secondary N) is 1. The zero-order valence-corrected chi connectivity index (χ0v) is 19.4. The number of carbonyl (C=O) groups excluding carboxylic acids is 1. The molecule has 0 bridgehead atoms. The quantitative estimate of drug-likeness (QED) is 0.698. The molecule has 0 saturated carbocycles. The maximum absolute atomic E-state index is 13.9. The first-order valence-electron chi connectivity index (χ1n) is 11.7. The van der Waals surface area contributed by atoms with Crippen LogP contribution >= 0.6 is 0 Å². The summed E-state index contributed by atoms with van der Waals surface area (Å²) in [5, 5.41) is 12.7. The molecule has 2 saturated heterocycles. The van der Waals surface area contributed by atoms with Crippen molar-refractivity contribution in [2.24, 2.45) is 0 Å². The van der Waals surface area contributed by atoms with Gasteiger partial charge in [0, 0.05) is 50.6 Å². The van der Waals surface area contributed by atoms with Gasteiger partial charge in [-0.2, -0.15) is 5.26 Å². The zero-order chi connectivity index (χ0) is 23.4. The minimum atomic E-state index is -0.177. The average Bonchev–Trinajstić information content (AvgIpc) is 3.39. The number of piperazine rings is 1. The molecule has 2 aliphatic rings. The van der Waals surface area contributed by atoms with Crippen LogP contribution in [0.5, 0.6) is 0 Å². The van der Waals surface area contributed by atoms with E-state index in [9.17, 15) is 14.4 Å². The largest absolute Gasteiger partial charge is 0.376 e. The van der Waals surface area contributed by atoms with Crippen molar-refractivity contribution in [2.45, 2.75) is 45.9 Å². The fraction of sp³-hybridized carbons (Fsp3) is 0.520. The summed E-state index contributed by atoms with van der Waals surface area (Å²) in [4.78, 5) is 17.2. The number of halogens is 1. The molecule has 7 nitrogen and oxygen atoms in total. The number of nitrogens with zero attached hydrogens (tertiary/aromatic N) is 4. The van der Waals surface area contributed by atoms with Gasteiger partial charge >= 0.3 is 0 Å². The third-order valence-corrected chi connectivity index (χ3v) is 6.79. The van der Waals surface area contributed by atoms with Crippen LogP contribution in [0.3, 0.4) is 0 Å². The average molecular weight is 454 g/mol. The molecule has 0 radical (unpaired) electrons. The SMILES string of the molecule is Cc1c(C#N)c(NC(=O)CN2CCN(Cc3ccccc3F)CC2)n(C[C@@H]2CCCO2)c1C. The highest BCUT2D eigenvalue weighted by Crippen LogP contribution is 2.28. The standard InChI is InChI=1S/C25H32FN5O2/c1-18-19(2)31(16-21-7-5-13-33-21)25(22(18)14-27)28-24(32)17-30-11-9-29(10-12-30)15-20-6-3-4-8-23(20)26/h3-4,6,8,21H,5,7,9-13,15-17H2,1-2H3,(H,28,32)/t21-/m0/s1. The van der Waals surface area contributed by atoms with Gasteiger partial charge in [-0.05, 0) is 38.3 Å². The molecular formula is C25H32FN5O2. The van der Waals surface area contributed by atoms with Crippen LogP contribution in [-0.2, 0) is 22.6 Å². The number of nitriles is 1. The van der Waals surface area contributed by atoms with E-state index < -0.39 is 0 Å². The van der Waals surface area contributed by atoms with Crippen LogP contribution in [-0.4, -0.2) is 65.7 Å². The lowest BCUT2D eigenvalue weighted by atomic mass is 10.2. The predicted molar refractivity (Wildman–Crippen MR) is 124 cm³/mol. The highest BCUT2D eigenvalue weighted by atomic mass is 19.1. The lowest BCUT2D eigenvalue weighted by molar-refractivity contribution is -0.117. The van der Waals surface area contributed by atoms with Crippen LogP contribution in [0.4, 0.5) is 10.2 Å². The van der Waals surface area contributed by atoms with Crippen LogP contribution in [0.1, 0.15) is 35.2 Å². The summed E-state index contributed by atoms with van der Waals surface area (Å²) in [6.45, 7) is 9.18. The van der Waals surface area contributed by atoms with Crippen LogP contribution in [0.15, 0.2) is 24.3 Å². The van der Waals surface area contributed by atoms with E-state index >= 15 is 0 Å². The van der Waals surface area contributed by atoms with Crippen molar-refractivity contribution in [1.29, 1.82) is 5.26 Å². The van der Waals surface area contributed by atoms with Gasteiger partial charge < -0.3 is 14.6 Å². The fourth-order valence-electron chi connectivity index (χ4n) is 4.70. The summed E-state index contributed by atoms with van der Waals surface area (Å²) in [6, 6.07) is 9.13. The van der Waals surface area contributed by atoms with Gasteiger partial charge in [-0.3, -0.25) is 14.6 Å². The van der Waals surface area contributed by atoms with Gasteiger partial charge in [-0.1, -0.05) is 18.2 Å². The maximum atomic E-state index is 13.9. The Morgan fingerprint density at radius 3 is 2.61 bits per heavy atom. The van der Waals surface area contributed by atoms with Crippen molar-refractivity contribution >= 4 is 11.7 Å². The third kappa shape index (κ3) is 5.44. The van der Waals surface area contributed by atoms with Crippen molar-refractivity contribution in [2.75, 3.05) is 44.6 Å². The molecule has 2 aliphatic heterocycles. The van der Waals surface area contributed by atoms with E-state index in [0.717, 1.165) is 56.9 Å². The molecule has 1 N–H and O–H groups in total. The van der Waals surface area contributed by atoms with Gasteiger partial charge in [-0.15, -0.1) is 0 Å². The number of aromatic nitrogens is 1. The molecule has 1 aromatic carbocycles. The van der Waals surface area contributed by atoms with E-state index in [1.165, 1.54) is 6.07 Å². The first kappa shape index (κ1) is 23.4. The van der Waals surface area contributed by atoms with Crippen molar-refractivity contribution < 1.29 is 13.9 Å². The molecule has 0 spiro atoms. The lowest BCUT2D eigenvalue weighted by Crippen LogP contribution is -2.48. The van der Waals surface area contributed by atoms with Gasteiger partial charge in [0.25, 0.3) is 0 Å². The smallest absolute Gasteiger partial charge is 0.239 e. The molecule has 1 aromatic heterocycles. The maximum Gasteiger partial charge on any atom is 0.239 e. The molecule has 0 aliphatic carbocycles. The molecule has 3 heterocycles. The molecule has 33 heavy (non-hydrogen) atoms. The van der Waals surface area contributed by atoms with Gasteiger partial charge in [0.05, 0.1) is 24.8 Å². The van der Waals surface area contributed by atoms with Gasteiger partial charge in [-0.25, -0.2) is 4.39 Å². The topological polar surface area (TPSA) is 73.5 Å². The second-order valence-corrected chi connectivity index (χ2v) is 8.98. The third-order valence-electron chi connectivity index (χ3n) is 6.79. The minimum Gasteiger partial charge on any atom is -0.376 e. The Kier molecular flexibility index (Phi) is 7.43. The number of hydrogen-bond donors (Lipinski definition) is 1. The van der Waals surface area contributed by atoms with E-state index in [2.05, 4.69) is 21.2 Å². The predicted octanol–water partition coefficient (Wildman–Crippen LogP) is 3.05. The van der Waals surface area contributed by atoms with Crippen molar-refractivity contribution in [3.63, 3.8) is 0 Å². The summed E-state index contributed by atoms with van der Waals surface area (Å²) < 4.78 is 21.7. The van der Waals surface area contributed by atoms with Gasteiger partial charge in [0.2, 0.25) is 5.91 Å². The van der Waals surface area contributed by atoms with E-state index in [-0.39, 0.29) is 24.4 Å². The second-order valence-electron chi connectivity index (χ2n) is 8.98. The highest BCUT2D eigenvalue weighted by molar-refractivity contribution is 5.93. The van der Waals surface area contributed by atoms with Crippen LogP contribution < -0.4 is 5.32 Å². The molecule has 2 aromatic rings. The Morgan fingerprint density at radius 2 is 1.94 bits per heavy atom. The first-order chi connectivity index (χ1) is 16.0. The molecule has 8 heteroatoms. The Morgan fingerprint density at radius 1 is 1.21 bits per heavy atom. The van der Waals surface area contributed by atoms with Crippen LogP contribution in [0, 0.1) is 31.0 Å². The van der Waals surface area contributed by atoms with E-state index in [4.69, 9.17) is 4.74 Å². The summed E-state index contributed by atoms with van der Waals surface area (Å²) >= 11 is 0. The summed E-state index contributed by atoms with van der Waals surface area (Å²) in [7, 11) is 0. The summed E-state index contributed by atoms with van der Waals surface area (Å²) in [6.07, 6.45) is 2.14. The monoisotopic (exact) mass is 453 g/mol. The van der Waals surface area contributed by atoms with Gasteiger partial charge in [0.15, 0.2) is 0 Å². The number of ether oxygens (including phenoxy) is 1. The Labute approximate surface area is 194 Å².